The summed E-state index contributed by atoms with van der Waals surface area (Å²) < 4.78 is 0. The van der Waals surface area contributed by atoms with Crippen LogP contribution in [0.15, 0.2) is 18.2 Å². The van der Waals surface area contributed by atoms with Crippen LogP contribution in [0.2, 0.25) is 0 Å². The smallest absolute Gasteiger partial charge is 0.256 e. The summed E-state index contributed by atoms with van der Waals surface area (Å²) in [5.41, 5.74) is 2.48. The summed E-state index contributed by atoms with van der Waals surface area (Å²) in [6, 6.07) is 5.85. The predicted octanol–water partition coefficient (Wildman–Crippen LogP) is 4.29. The highest BCUT2D eigenvalue weighted by molar-refractivity contribution is 6.02. The van der Waals surface area contributed by atoms with Gasteiger partial charge in [-0.3, -0.25) is 9.59 Å². The van der Waals surface area contributed by atoms with Crippen molar-refractivity contribution in [2.24, 2.45) is 5.92 Å². The van der Waals surface area contributed by atoms with Gasteiger partial charge in [0, 0.05) is 44.0 Å². The fraction of sp³-hybridized carbons (Fsp3) is 0.636. The predicted molar refractivity (Wildman–Crippen MR) is 110 cm³/mol. The summed E-state index contributed by atoms with van der Waals surface area (Å²) in [4.78, 5) is 29.6. The van der Waals surface area contributed by atoms with E-state index in [1.54, 1.807) is 0 Å². The van der Waals surface area contributed by atoms with Crippen molar-refractivity contribution in [3.8, 4) is 0 Å². The molecule has 0 unspecified atom stereocenters. The van der Waals surface area contributed by atoms with Crippen LogP contribution < -0.4 is 10.2 Å². The molecule has 0 bridgehead atoms. The maximum Gasteiger partial charge on any atom is 0.256 e. The fourth-order valence-electron chi connectivity index (χ4n) is 3.96. The van der Waals surface area contributed by atoms with Crippen molar-refractivity contribution in [3.63, 3.8) is 0 Å². The van der Waals surface area contributed by atoms with Crippen LogP contribution in [0.5, 0.6) is 0 Å². The molecule has 0 spiro atoms. The fourth-order valence-corrected chi connectivity index (χ4v) is 3.96. The first-order valence-electron chi connectivity index (χ1n) is 10.6. The first-order chi connectivity index (χ1) is 13.1. The number of unbranched alkanes of at least 4 members (excludes halogenated alkanes) is 1. The van der Waals surface area contributed by atoms with E-state index in [1.807, 2.05) is 23.1 Å². The molecule has 0 radical (unpaired) electrons. The number of piperidine rings is 1. The van der Waals surface area contributed by atoms with Gasteiger partial charge in [0.15, 0.2) is 0 Å². The molecule has 2 aliphatic heterocycles. The second kappa shape index (κ2) is 9.25. The SMILES string of the molecule is CCCCC(=O)Nc1ccc(N2CCC(C)CC2)c(C(=O)N2CCCC2)c1. The van der Waals surface area contributed by atoms with Crippen molar-refractivity contribution in [1.82, 2.24) is 4.90 Å². The van der Waals surface area contributed by atoms with Gasteiger partial charge in [0.25, 0.3) is 5.91 Å². The van der Waals surface area contributed by atoms with Gasteiger partial charge in [0.2, 0.25) is 5.91 Å². The quantitative estimate of drug-likeness (QED) is 0.812. The van der Waals surface area contributed by atoms with E-state index in [0.29, 0.717) is 6.42 Å². The maximum atomic E-state index is 13.2. The van der Waals surface area contributed by atoms with Crippen molar-refractivity contribution in [2.45, 2.75) is 58.8 Å². The van der Waals surface area contributed by atoms with E-state index < -0.39 is 0 Å². The first-order valence-corrected chi connectivity index (χ1v) is 10.6. The van der Waals surface area contributed by atoms with Crippen molar-refractivity contribution < 1.29 is 9.59 Å². The highest BCUT2D eigenvalue weighted by Crippen LogP contribution is 2.30. The normalized spacial score (nSPS) is 18.0. The molecule has 0 saturated carbocycles. The first kappa shape index (κ1) is 19.7. The summed E-state index contributed by atoms with van der Waals surface area (Å²) in [7, 11) is 0. The number of hydrogen-bond donors (Lipinski definition) is 1. The van der Waals surface area contributed by atoms with Gasteiger partial charge in [-0.05, 0) is 56.2 Å². The number of carbonyl (C=O) groups excluding carboxylic acids is 2. The molecular formula is C22H33N3O2. The molecule has 27 heavy (non-hydrogen) atoms. The zero-order valence-electron chi connectivity index (χ0n) is 16.8. The molecule has 2 heterocycles. The Labute approximate surface area is 163 Å². The van der Waals surface area contributed by atoms with E-state index in [9.17, 15) is 9.59 Å². The van der Waals surface area contributed by atoms with Crippen molar-refractivity contribution in [3.05, 3.63) is 23.8 Å². The molecule has 2 fully saturated rings. The Morgan fingerprint density at radius 1 is 1.11 bits per heavy atom. The Hall–Kier alpha value is -2.04. The molecule has 0 atom stereocenters. The molecule has 3 rings (SSSR count). The average molecular weight is 372 g/mol. The number of amides is 2. The van der Waals surface area contributed by atoms with Crippen molar-refractivity contribution in [1.29, 1.82) is 0 Å². The molecule has 5 nitrogen and oxygen atoms in total. The Morgan fingerprint density at radius 3 is 2.48 bits per heavy atom. The molecule has 0 aliphatic carbocycles. The van der Waals surface area contributed by atoms with Crippen LogP contribution in [-0.2, 0) is 4.79 Å². The van der Waals surface area contributed by atoms with Crippen LogP contribution in [0.25, 0.3) is 0 Å². The van der Waals surface area contributed by atoms with Crippen molar-refractivity contribution >= 4 is 23.2 Å². The Bertz CT molecular complexity index is 660. The molecule has 2 saturated heterocycles. The summed E-state index contributed by atoms with van der Waals surface area (Å²) >= 11 is 0. The van der Waals surface area contributed by atoms with E-state index in [2.05, 4.69) is 24.1 Å². The average Bonchev–Trinajstić information content (AvgIpc) is 3.21. The summed E-state index contributed by atoms with van der Waals surface area (Å²) in [6.07, 6.45) is 6.89. The molecule has 0 aromatic heterocycles. The van der Waals surface area contributed by atoms with Gasteiger partial charge >= 0.3 is 0 Å². The van der Waals surface area contributed by atoms with Crippen LogP contribution in [0.1, 0.15) is 69.2 Å². The van der Waals surface area contributed by atoms with Gasteiger partial charge in [-0.15, -0.1) is 0 Å². The second-order valence-electron chi connectivity index (χ2n) is 8.05. The number of benzene rings is 1. The van der Waals surface area contributed by atoms with Crippen LogP contribution in [0.4, 0.5) is 11.4 Å². The topological polar surface area (TPSA) is 52.7 Å². The van der Waals surface area contributed by atoms with E-state index in [-0.39, 0.29) is 11.8 Å². The van der Waals surface area contributed by atoms with Gasteiger partial charge in [-0.1, -0.05) is 20.3 Å². The van der Waals surface area contributed by atoms with Crippen LogP contribution in [0, 0.1) is 5.92 Å². The van der Waals surface area contributed by atoms with E-state index in [4.69, 9.17) is 0 Å². The molecule has 2 amide bonds. The standard InChI is InChI=1S/C22H33N3O2/c1-3-4-7-21(26)23-18-8-9-20(24-14-10-17(2)11-15-24)19(16-18)22(27)25-12-5-6-13-25/h8-9,16-17H,3-7,10-15H2,1-2H3,(H,23,26). The van der Waals surface area contributed by atoms with Gasteiger partial charge in [-0.2, -0.15) is 0 Å². The van der Waals surface area contributed by atoms with Crippen LogP contribution in [0.3, 0.4) is 0 Å². The molecule has 1 aromatic carbocycles. The zero-order valence-corrected chi connectivity index (χ0v) is 16.8. The van der Waals surface area contributed by atoms with Crippen molar-refractivity contribution in [2.75, 3.05) is 36.4 Å². The third-order valence-electron chi connectivity index (χ3n) is 5.79. The lowest BCUT2D eigenvalue weighted by molar-refractivity contribution is -0.116. The summed E-state index contributed by atoms with van der Waals surface area (Å²) in [5, 5.41) is 2.97. The summed E-state index contributed by atoms with van der Waals surface area (Å²) in [5.74, 6) is 0.873. The van der Waals surface area contributed by atoms with Gasteiger partial charge < -0.3 is 15.1 Å². The van der Waals surface area contributed by atoms with Gasteiger partial charge in [-0.25, -0.2) is 0 Å². The number of anilines is 2. The van der Waals surface area contributed by atoms with E-state index in [0.717, 1.165) is 87.6 Å². The third kappa shape index (κ3) is 5.02. The minimum atomic E-state index is 0.0240. The van der Waals surface area contributed by atoms with E-state index >= 15 is 0 Å². The largest absolute Gasteiger partial charge is 0.371 e. The lowest BCUT2D eigenvalue weighted by Crippen LogP contribution is -2.35. The van der Waals surface area contributed by atoms with Crippen LogP contribution >= 0.6 is 0 Å². The van der Waals surface area contributed by atoms with Gasteiger partial charge in [0.05, 0.1) is 5.56 Å². The Morgan fingerprint density at radius 2 is 1.81 bits per heavy atom. The Kier molecular flexibility index (Phi) is 6.75. The Balaban J connectivity index is 1.83. The minimum Gasteiger partial charge on any atom is -0.371 e. The second-order valence-corrected chi connectivity index (χ2v) is 8.05. The number of nitrogens with zero attached hydrogens (tertiary/aromatic N) is 2. The maximum absolute atomic E-state index is 13.2. The lowest BCUT2D eigenvalue weighted by Gasteiger charge is -2.34. The number of carbonyl (C=O) groups is 2. The van der Waals surface area contributed by atoms with E-state index in [1.165, 1.54) is 0 Å². The summed E-state index contributed by atoms with van der Waals surface area (Å²) in [6.45, 7) is 8.02. The highest BCUT2D eigenvalue weighted by Gasteiger charge is 2.26. The molecule has 1 N–H and O–H groups in total. The molecule has 5 heteroatoms. The minimum absolute atomic E-state index is 0.0240. The molecule has 2 aliphatic rings. The molecule has 1 aromatic rings. The number of hydrogen-bond acceptors (Lipinski definition) is 3. The number of likely N-dealkylation sites (tertiary alicyclic amines) is 1. The third-order valence-corrected chi connectivity index (χ3v) is 5.79. The lowest BCUT2D eigenvalue weighted by atomic mass is 9.97. The highest BCUT2D eigenvalue weighted by atomic mass is 16.2. The van der Waals surface area contributed by atoms with Crippen LogP contribution in [-0.4, -0.2) is 42.9 Å². The molecular weight excluding hydrogens is 338 g/mol. The van der Waals surface area contributed by atoms with Gasteiger partial charge in [0.1, 0.15) is 0 Å². The number of rotatable bonds is 6. The zero-order chi connectivity index (χ0) is 19.2. The molecule has 148 valence electrons. The number of nitrogens with one attached hydrogen (secondary N) is 1. The monoisotopic (exact) mass is 371 g/mol.